The van der Waals surface area contributed by atoms with Crippen molar-refractivity contribution >= 4 is 6.34 Å². The van der Waals surface area contributed by atoms with E-state index < -0.39 is 0 Å². The van der Waals surface area contributed by atoms with Gasteiger partial charge >= 0.3 is 0 Å². The quantitative estimate of drug-likeness (QED) is 0.279. The molecule has 0 heterocycles. The molecule has 0 aliphatic heterocycles. The average Bonchev–Trinajstić information content (AvgIpc) is 1.61. The molecule has 0 amide bonds. The number of rotatable bonds is 2. The monoisotopic (exact) mass is 173 g/mol. The van der Waals surface area contributed by atoms with Crippen molar-refractivity contribution in [3.8, 4) is 0 Å². The van der Waals surface area contributed by atoms with Crippen LogP contribution in [0.1, 0.15) is 0 Å². The molecular formula is C3H6N3Y-. The van der Waals surface area contributed by atoms with Gasteiger partial charge in [0, 0.05) is 32.7 Å². The summed E-state index contributed by atoms with van der Waals surface area (Å²) in [5.74, 6) is 0. The molecule has 1 radical (unpaired) electrons. The summed E-state index contributed by atoms with van der Waals surface area (Å²) in [5.41, 5.74) is 0. The van der Waals surface area contributed by atoms with Gasteiger partial charge in [0.05, 0.1) is 0 Å². The van der Waals surface area contributed by atoms with Crippen molar-refractivity contribution in [3.05, 3.63) is 6.92 Å². The predicted molar refractivity (Wildman–Crippen MR) is 23.9 cm³/mol. The van der Waals surface area contributed by atoms with Crippen LogP contribution in [0.25, 0.3) is 0 Å². The first-order valence-electron chi connectivity index (χ1n) is 1.56. The number of nitrogens with one attached hydrogen (secondary N) is 1. The van der Waals surface area contributed by atoms with E-state index in [1.807, 2.05) is 0 Å². The summed E-state index contributed by atoms with van der Waals surface area (Å²) in [5, 5.41) is 12.8. The molecule has 0 aromatic heterocycles. The van der Waals surface area contributed by atoms with E-state index in [1.54, 1.807) is 0 Å². The maximum atomic E-state index is 6.29. The molecule has 0 unspecified atom stereocenters. The molecule has 0 bridgehead atoms. The van der Waals surface area contributed by atoms with Gasteiger partial charge in [0.25, 0.3) is 0 Å². The molecule has 7 heavy (non-hydrogen) atoms. The summed E-state index contributed by atoms with van der Waals surface area (Å²) in [4.78, 5) is 0. The van der Waals surface area contributed by atoms with Gasteiger partial charge in [-0.05, 0) is 0 Å². The minimum atomic E-state index is 0. The van der Waals surface area contributed by atoms with E-state index >= 15 is 0 Å². The molecule has 0 rings (SSSR count). The second-order valence-electron chi connectivity index (χ2n) is 0.610. The molecule has 1 N–H and O–H groups in total. The molecule has 0 aromatic rings. The second-order valence-corrected chi connectivity index (χ2v) is 0.610. The van der Waals surface area contributed by atoms with E-state index in [0.29, 0.717) is 6.54 Å². The van der Waals surface area contributed by atoms with Gasteiger partial charge in [0.15, 0.2) is 0 Å². The average molecular weight is 173 g/mol. The van der Waals surface area contributed by atoms with Crippen LogP contribution < -0.4 is 0 Å². The Hall–Kier alpha value is 0.374. The van der Waals surface area contributed by atoms with Gasteiger partial charge in [-0.2, -0.15) is 0 Å². The molecule has 0 aromatic carbocycles. The molecule has 0 fully saturated rings. The summed E-state index contributed by atoms with van der Waals surface area (Å²) in [6.07, 6.45) is 0.880. The van der Waals surface area contributed by atoms with Crippen LogP contribution >= 0.6 is 0 Å². The first kappa shape index (κ1) is 10.4. The molecular weight excluding hydrogens is 167 g/mol. The summed E-state index contributed by atoms with van der Waals surface area (Å²) < 4.78 is 0. The van der Waals surface area contributed by atoms with E-state index in [2.05, 4.69) is 17.2 Å². The summed E-state index contributed by atoms with van der Waals surface area (Å²) in [6.45, 7) is 3.77. The van der Waals surface area contributed by atoms with Crippen molar-refractivity contribution in [2.24, 2.45) is 10.2 Å². The van der Waals surface area contributed by atoms with Crippen LogP contribution in [0, 0.1) is 12.3 Å². The summed E-state index contributed by atoms with van der Waals surface area (Å²) >= 11 is 0. The van der Waals surface area contributed by atoms with Gasteiger partial charge < -0.3 is 6.92 Å². The fraction of sp³-hybridized carbons (Fsp3) is 0.333. The first-order chi connectivity index (χ1) is 2.91. The zero-order chi connectivity index (χ0) is 4.83. The van der Waals surface area contributed by atoms with Gasteiger partial charge in [-0.25, -0.2) is 5.11 Å². The maximum absolute atomic E-state index is 6.29. The van der Waals surface area contributed by atoms with Gasteiger partial charge in [-0.1, -0.05) is 6.54 Å². The zero-order valence-electron chi connectivity index (χ0n) is 3.96. The Morgan fingerprint density at radius 1 is 1.71 bits per heavy atom. The van der Waals surface area contributed by atoms with Crippen molar-refractivity contribution in [2.45, 2.75) is 0 Å². The molecule has 0 atom stereocenters. The number of azo groups is 1. The SMILES string of the molecule is [CH2-]CN=NC=N.[Y]. The van der Waals surface area contributed by atoms with E-state index in [-0.39, 0.29) is 32.7 Å². The molecule has 4 heteroatoms. The smallest absolute Gasteiger partial charge is 0.129 e. The first-order valence-corrected chi connectivity index (χ1v) is 1.56. The Bertz CT molecular complexity index is 61.2. The van der Waals surface area contributed by atoms with Crippen molar-refractivity contribution in [1.29, 1.82) is 5.41 Å². The van der Waals surface area contributed by atoms with Gasteiger partial charge in [-0.15, -0.1) is 5.11 Å². The Labute approximate surface area is 68.0 Å². The van der Waals surface area contributed by atoms with Crippen LogP contribution in [0.4, 0.5) is 0 Å². The third kappa shape index (κ3) is 10.7. The second kappa shape index (κ2) is 9.62. The largest absolute Gasteiger partial charge is 0.321 e. The van der Waals surface area contributed by atoms with Gasteiger partial charge in [-0.3, -0.25) is 5.41 Å². The van der Waals surface area contributed by atoms with Gasteiger partial charge in [0.2, 0.25) is 0 Å². The zero-order valence-corrected chi connectivity index (χ0v) is 6.80. The molecule has 0 aliphatic rings. The van der Waals surface area contributed by atoms with Crippen LogP contribution in [-0.4, -0.2) is 12.9 Å². The Kier molecular flexibility index (Phi) is 14.3. The van der Waals surface area contributed by atoms with E-state index in [9.17, 15) is 0 Å². The van der Waals surface area contributed by atoms with Crippen LogP contribution in [0.5, 0.6) is 0 Å². The molecule has 3 nitrogen and oxygen atoms in total. The minimum Gasteiger partial charge on any atom is -0.321 e. The van der Waals surface area contributed by atoms with Crippen molar-refractivity contribution in [3.63, 3.8) is 0 Å². The fourth-order valence-corrected chi connectivity index (χ4v) is 0.0986. The Morgan fingerprint density at radius 3 is 2.43 bits per heavy atom. The third-order valence-electron chi connectivity index (χ3n) is 0.239. The number of nitrogens with zero attached hydrogens (tertiary/aromatic N) is 2. The standard InChI is InChI=1S/C3H6N3.Y/c1-2-5-6-3-4;/h3-4H,1-2H2;/q-1;. The molecule has 37 valence electrons. The van der Waals surface area contributed by atoms with Crippen molar-refractivity contribution < 1.29 is 32.7 Å². The molecule has 0 saturated carbocycles. The van der Waals surface area contributed by atoms with Crippen LogP contribution in [0.15, 0.2) is 10.2 Å². The third-order valence-corrected chi connectivity index (χ3v) is 0.239. The predicted octanol–water partition coefficient (Wildman–Crippen LogP) is 0.877. The Balaban J connectivity index is 0. The molecule has 0 spiro atoms. The summed E-state index contributed by atoms with van der Waals surface area (Å²) in [7, 11) is 0. The normalized spacial score (nSPS) is 8.14. The van der Waals surface area contributed by atoms with E-state index in [0.717, 1.165) is 6.34 Å². The Morgan fingerprint density at radius 2 is 2.29 bits per heavy atom. The number of hydrogen-bond acceptors (Lipinski definition) is 2. The van der Waals surface area contributed by atoms with E-state index in [4.69, 9.17) is 5.41 Å². The van der Waals surface area contributed by atoms with Crippen LogP contribution in [0.3, 0.4) is 0 Å². The molecule has 0 saturated heterocycles. The van der Waals surface area contributed by atoms with Crippen molar-refractivity contribution in [2.75, 3.05) is 6.54 Å². The van der Waals surface area contributed by atoms with Crippen LogP contribution in [-0.2, 0) is 32.7 Å². The topological polar surface area (TPSA) is 48.6 Å². The van der Waals surface area contributed by atoms with Crippen LogP contribution in [0.2, 0.25) is 0 Å². The van der Waals surface area contributed by atoms with Crippen molar-refractivity contribution in [1.82, 2.24) is 0 Å². The fourth-order valence-electron chi connectivity index (χ4n) is 0.0986. The van der Waals surface area contributed by atoms with E-state index in [1.165, 1.54) is 0 Å². The minimum absolute atomic E-state index is 0. The van der Waals surface area contributed by atoms with Gasteiger partial charge in [0.1, 0.15) is 6.34 Å². The summed E-state index contributed by atoms with van der Waals surface area (Å²) in [6, 6.07) is 0. The molecule has 0 aliphatic carbocycles. The maximum Gasteiger partial charge on any atom is 0.129 e. The number of hydrogen-bond donors (Lipinski definition) is 1.